The summed E-state index contributed by atoms with van der Waals surface area (Å²) in [5.41, 5.74) is 2.91. The molecule has 86 valence electrons. The zero-order valence-corrected chi connectivity index (χ0v) is 10.3. The average Bonchev–Trinajstić information content (AvgIpc) is 2.56. The van der Waals surface area contributed by atoms with Crippen molar-refractivity contribution in [2.75, 3.05) is 13.6 Å². The minimum atomic E-state index is -0.222. The van der Waals surface area contributed by atoms with Gasteiger partial charge in [-0.15, -0.1) is 0 Å². The first kappa shape index (κ1) is 11.4. The van der Waals surface area contributed by atoms with Gasteiger partial charge in [-0.2, -0.15) is 0 Å². The molecule has 0 aromatic rings. The van der Waals surface area contributed by atoms with Gasteiger partial charge in [0.05, 0.1) is 17.1 Å². The molecule has 1 N–H and O–H groups in total. The third kappa shape index (κ3) is 1.94. The molecule has 2 saturated heterocycles. The molecule has 1 unspecified atom stereocenters. The Balaban J connectivity index is 2.03. The molecule has 2 rings (SSSR count). The van der Waals surface area contributed by atoms with E-state index < -0.39 is 0 Å². The van der Waals surface area contributed by atoms with Gasteiger partial charge in [0.15, 0.2) is 0 Å². The molecule has 1 atom stereocenters. The summed E-state index contributed by atoms with van der Waals surface area (Å²) in [6, 6.07) is 0. The smallest absolute Gasteiger partial charge is 0.402 e. The number of hydrogen-bond acceptors (Lipinski definition) is 4. The van der Waals surface area contributed by atoms with Crippen LogP contribution >= 0.6 is 0 Å². The summed E-state index contributed by atoms with van der Waals surface area (Å²) < 4.78 is 12.0. The lowest BCUT2D eigenvalue weighted by molar-refractivity contribution is 0.00578. The van der Waals surface area contributed by atoms with Gasteiger partial charge in [0.25, 0.3) is 0 Å². The Morgan fingerprint density at radius 1 is 1.20 bits per heavy atom. The van der Waals surface area contributed by atoms with Gasteiger partial charge in [0.1, 0.15) is 0 Å². The van der Waals surface area contributed by atoms with E-state index in [1.807, 2.05) is 7.05 Å². The molecular formula is C10H21BN2O2. The predicted octanol–water partition coefficient (Wildman–Crippen LogP) is 0.826. The maximum atomic E-state index is 5.98. The summed E-state index contributed by atoms with van der Waals surface area (Å²) in [7, 11) is 1.92. The van der Waals surface area contributed by atoms with Crippen LogP contribution in [0.2, 0.25) is 0 Å². The van der Waals surface area contributed by atoms with Gasteiger partial charge in [0, 0.05) is 13.6 Å². The molecule has 0 amide bonds. The fourth-order valence-corrected chi connectivity index (χ4v) is 1.99. The number of rotatable bonds is 1. The molecule has 15 heavy (non-hydrogen) atoms. The van der Waals surface area contributed by atoms with Crippen molar-refractivity contribution in [3.63, 3.8) is 0 Å². The van der Waals surface area contributed by atoms with Crippen molar-refractivity contribution >= 4 is 7.12 Å². The minimum absolute atomic E-state index is 0.125. The van der Waals surface area contributed by atoms with Gasteiger partial charge in [-0.05, 0) is 34.1 Å². The Bertz CT molecular complexity index is 242. The average molecular weight is 212 g/mol. The van der Waals surface area contributed by atoms with Crippen molar-refractivity contribution in [2.24, 2.45) is 0 Å². The third-order valence-electron chi connectivity index (χ3n) is 3.76. The van der Waals surface area contributed by atoms with Crippen molar-refractivity contribution in [3.05, 3.63) is 0 Å². The van der Waals surface area contributed by atoms with E-state index in [0.29, 0.717) is 0 Å². The first-order valence-electron chi connectivity index (χ1n) is 5.65. The van der Waals surface area contributed by atoms with Gasteiger partial charge in [-0.3, -0.25) is 5.43 Å². The van der Waals surface area contributed by atoms with Gasteiger partial charge in [-0.1, -0.05) is 0 Å². The van der Waals surface area contributed by atoms with Crippen LogP contribution in [-0.2, 0) is 9.31 Å². The normalized spacial score (nSPS) is 35.0. The first-order chi connectivity index (χ1) is 6.82. The standard InChI is InChI=1S/C10H21BN2O2/c1-9(2)10(3,4)15-11(14-9)8-6-7-13(5)12-8/h8,12H,6-7H2,1-5H3. The van der Waals surface area contributed by atoms with Crippen molar-refractivity contribution < 1.29 is 9.31 Å². The van der Waals surface area contributed by atoms with Crippen LogP contribution in [0.4, 0.5) is 0 Å². The van der Waals surface area contributed by atoms with Crippen molar-refractivity contribution in [2.45, 2.75) is 51.3 Å². The maximum absolute atomic E-state index is 5.98. The molecule has 0 aromatic heterocycles. The SMILES string of the molecule is CN1CCC(B2OC(C)(C)C(C)(C)O2)N1. The number of nitrogens with zero attached hydrogens (tertiary/aromatic N) is 1. The van der Waals surface area contributed by atoms with E-state index in [4.69, 9.17) is 9.31 Å². The molecule has 0 radical (unpaired) electrons. The monoisotopic (exact) mass is 212 g/mol. The Morgan fingerprint density at radius 3 is 2.13 bits per heavy atom. The molecule has 2 heterocycles. The maximum Gasteiger partial charge on any atom is 0.477 e. The highest BCUT2D eigenvalue weighted by atomic mass is 16.7. The van der Waals surface area contributed by atoms with E-state index in [9.17, 15) is 0 Å². The predicted molar refractivity (Wildman–Crippen MR) is 60.3 cm³/mol. The fourth-order valence-electron chi connectivity index (χ4n) is 1.99. The lowest BCUT2D eigenvalue weighted by Gasteiger charge is -2.32. The van der Waals surface area contributed by atoms with E-state index in [1.165, 1.54) is 0 Å². The van der Waals surface area contributed by atoms with Gasteiger partial charge in [-0.25, -0.2) is 5.01 Å². The van der Waals surface area contributed by atoms with Gasteiger partial charge >= 0.3 is 7.12 Å². The zero-order chi connectivity index (χ0) is 11.3. The summed E-state index contributed by atoms with van der Waals surface area (Å²) in [6.45, 7) is 9.41. The Hall–Kier alpha value is -0.0951. The van der Waals surface area contributed by atoms with Crippen LogP contribution in [0.25, 0.3) is 0 Å². The highest BCUT2D eigenvalue weighted by Gasteiger charge is 2.54. The molecule has 0 aliphatic carbocycles. The summed E-state index contributed by atoms with van der Waals surface area (Å²) >= 11 is 0. The minimum Gasteiger partial charge on any atom is -0.402 e. The van der Waals surface area contributed by atoms with Crippen LogP contribution < -0.4 is 5.43 Å². The third-order valence-corrected chi connectivity index (χ3v) is 3.76. The molecule has 2 aliphatic rings. The van der Waals surface area contributed by atoms with Crippen LogP contribution in [0, 0.1) is 0 Å². The summed E-state index contributed by atoms with van der Waals surface area (Å²) in [6.07, 6.45) is 1.08. The van der Waals surface area contributed by atoms with Gasteiger partial charge in [0.2, 0.25) is 0 Å². The molecule has 2 fully saturated rings. The largest absolute Gasteiger partial charge is 0.477 e. The Morgan fingerprint density at radius 2 is 1.73 bits per heavy atom. The Labute approximate surface area is 92.4 Å². The van der Waals surface area contributed by atoms with Crippen LogP contribution in [-0.4, -0.2) is 42.9 Å². The number of nitrogens with one attached hydrogen (secondary N) is 1. The number of hydrazine groups is 1. The second-order valence-corrected chi connectivity index (χ2v) is 5.57. The van der Waals surface area contributed by atoms with E-state index >= 15 is 0 Å². The van der Waals surface area contributed by atoms with Crippen molar-refractivity contribution in [3.8, 4) is 0 Å². The fraction of sp³-hybridized carbons (Fsp3) is 1.00. The molecule has 0 spiro atoms. The van der Waals surface area contributed by atoms with Crippen LogP contribution in [0.5, 0.6) is 0 Å². The summed E-state index contributed by atoms with van der Waals surface area (Å²) in [5, 5.41) is 2.09. The van der Waals surface area contributed by atoms with E-state index in [2.05, 4.69) is 38.1 Å². The van der Waals surface area contributed by atoms with Crippen molar-refractivity contribution in [1.29, 1.82) is 0 Å². The summed E-state index contributed by atoms with van der Waals surface area (Å²) in [5.74, 6) is 0.288. The lowest BCUT2D eigenvalue weighted by Crippen LogP contribution is -2.44. The van der Waals surface area contributed by atoms with E-state index in [0.717, 1.165) is 13.0 Å². The van der Waals surface area contributed by atoms with E-state index in [1.54, 1.807) is 0 Å². The highest BCUT2D eigenvalue weighted by Crippen LogP contribution is 2.38. The molecule has 0 bridgehead atoms. The first-order valence-corrected chi connectivity index (χ1v) is 5.65. The van der Waals surface area contributed by atoms with E-state index in [-0.39, 0.29) is 24.3 Å². The number of hydrogen-bond donors (Lipinski definition) is 1. The zero-order valence-electron chi connectivity index (χ0n) is 10.3. The second kappa shape index (κ2) is 3.45. The molecule has 2 aliphatic heterocycles. The van der Waals surface area contributed by atoms with Crippen LogP contribution in [0.1, 0.15) is 34.1 Å². The molecule has 5 heteroatoms. The summed E-state index contributed by atoms with van der Waals surface area (Å²) in [4.78, 5) is 0. The molecule has 0 aromatic carbocycles. The topological polar surface area (TPSA) is 33.7 Å². The molecular weight excluding hydrogens is 191 g/mol. The molecule has 0 saturated carbocycles. The quantitative estimate of drug-likeness (QED) is 0.652. The highest BCUT2D eigenvalue weighted by molar-refractivity contribution is 6.47. The van der Waals surface area contributed by atoms with Crippen molar-refractivity contribution in [1.82, 2.24) is 10.4 Å². The lowest BCUT2D eigenvalue weighted by atomic mass is 9.77. The van der Waals surface area contributed by atoms with Crippen LogP contribution in [0.15, 0.2) is 0 Å². The van der Waals surface area contributed by atoms with Crippen LogP contribution in [0.3, 0.4) is 0 Å². The Kier molecular flexibility index (Phi) is 2.62. The van der Waals surface area contributed by atoms with Gasteiger partial charge < -0.3 is 9.31 Å². The second-order valence-electron chi connectivity index (χ2n) is 5.57. The molecule has 4 nitrogen and oxygen atoms in total.